The summed E-state index contributed by atoms with van der Waals surface area (Å²) in [5.41, 5.74) is 6.19. The van der Waals surface area contributed by atoms with Crippen LogP contribution in [0.15, 0.2) is 54.2 Å². The number of anilines is 2. The van der Waals surface area contributed by atoms with Crippen LogP contribution in [0.25, 0.3) is 0 Å². The fourth-order valence-corrected chi connectivity index (χ4v) is 4.20. The molecule has 2 aromatic rings. The van der Waals surface area contributed by atoms with E-state index in [2.05, 4.69) is 40.0 Å². The summed E-state index contributed by atoms with van der Waals surface area (Å²) in [5.74, 6) is -0.449. The Balaban J connectivity index is 1.71. The summed E-state index contributed by atoms with van der Waals surface area (Å²) < 4.78 is 5.46. The minimum absolute atomic E-state index is 0.0487. The molecule has 0 radical (unpaired) electrons. The lowest BCUT2D eigenvalue weighted by Crippen LogP contribution is -2.35. The average molecular weight is 440 g/mol. The molecule has 1 aliphatic rings. The number of hydrogen-bond acceptors (Lipinski definition) is 7. The standard InChI is InChI=1S/C25H33N3O4/c1-17(14-27-21-10-8-7-9-20(21)26-28(27)31)23(30)32-15-18-13-19(11-12-22(18)29)25(5,6)16-24(2,3)4/h7-14,26,29,31H,15-16H2,1-6H3. The predicted octanol–water partition coefficient (Wildman–Crippen LogP) is 5.51. The van der Waals surface area contributed by atoms with Crippen molar-refractivity contribution in [1.29, 1.82) is 0 Å². The molecule has 0 aromatic heterocycles. The summed E-state index contributed by atoms with van der Waals surface area (Å²) in [7, 11) is 0. The summed E-state index contributed by atoms with van der Waals surface area (Å²) in [4.78, 5) is 12.6. The Morgan fingerprint density at radius 1 is 1.12 bits per heavy atom. The molecule has 3 N–H and O–H groups in total. The van der Waals surface area contributed by atoms with Gasteiger partial charge in [0.05, 0.1) is 16.9 Å². The molecule has 0 fully saturated rings. The zero-order valence-electron chi connectivity index (χ0n) is 19.6. The van der Waals surface area contributed by atoms with Gasteiger partial charge in [0.1, 0.15) is 12.4 Å². The lowest BCUT2D eigenvalue weighted by molar-refractivity contribution is -0.140. The minimum Gasteiger partial charge on any atom is -0.508 e. The third-order valence-corrected chi connectivity index (χ3v) is 5.41. The largest absolute Gasteiger partial charge is 0.508 e. The number of nitrogens with zero attached hydrogens (tertiary/aromatic N) is 2. The summed E-state index contributed by atoms with van der Waals surface area (Å²) in [6, 6.07) is 12.8. The van der Waals surface area contributed by atoms with E-state index < -0.39 is 5.97 Å². The summed E-state index contributed by atoms with van der Waals surface area (Å²) in [6.07, 6.45) is 2.46. The fourth-order valence-electron chi connectivity index (χ4n) is 4.20. The van der Waals surface area contributed by atoms with E-state index in [0.717, 1.165) is 17.3 Å². The molecule has 172 valence electrons. The third kappa shape index (κ3) is 5.41. The molecule has 0 bridgehead atoms. The molecule has 2 aromatic carbocycles. The number of nitrogens with one attached hydrogen (secondary N) is 1. The number of fused-ring (bicyclic) bond motifs is 1. The normalized spacial score (nSPS) is 14.8. The maximum absolute atomic E-state index is 12.6. The van der Waals surface area contributed by atoms with Crippen molar-refractivity contribution in [3.8, 4) is 5.75 Å². The summed E-state index contributed by atoms with van der Waals surface area (Å²) in [6.45, 7) is 12.5. The maximum Gasteiger partial charge on any atom is 0.335 e. The molecule has 1 heterocycles. The smallest absolute Gasteiger partial charge is 0.335 e. The number of hydrogen-bond donors (Lipinski definition) is 3. The predicted molar refractivity (Wildman–Crippen MR) is 125 cm³/mol. The van der Waals surface area contributed by atoms with Gasteiger partial charge in [-0.25, -0.2) is 9.80 Å². The van der Waals surface area contributed by atoms with E-state index >= 15 is 0 Å². The number of phenolic OH excluding ortho intramolecular Hbond substituents is 1. The first-order valence-corrected chi connectivity index (χ1v) is 10.7. The van der Waals surface area contributed by atoms with Crippen LogP contribution in [0.1, 0.15) is 59.1 Å². The van der Waals surface area contributed by atoms with Gasteiger partial charge in [0.25, 0.3) is 0 Å². The highest BCUT2D eigenvalue weighted by Gasteiger charge is 2.28. The number of ether oxygens (including phenoxy) is 1. The highest BCUT2D eigenvalue weighted by molar-refractivity contribution is 5.89. The first-order chi connectivity index (χ1) is 14.9. The van der Waals surface area contributed by atoms with Crippen molar-refractivity contribution in [1.82, 2.24) is 5.28 Å². The average Bonchev–Trinajstić information content (AvgIpc) is 3.00. The van der Waals surface area contributed by atoms with Crippen molar-refractivity contribution in [2.24, 2.45) is 5.41 Å². The highest BCUT2D eigenvalue weighted by Crippen LogP contribution is 2.38. The number of phenols is 1. The van der Waals surface area contributed by atoms with E-state index in [4.69, 9.17) is 4.74 Å². The van der Waals surface area contributed by atoms with Gasteiger partial charge in [-0.1, -0.05) is 52.8 Å². The first-order valence-electron chi connectivity index (χ1n) is 10.7. The molecule has 1 aliphatic heterocycles. The number of aromatic hydroxyl groups is 1. The Bertz CT molecular complexity index is 1020. The second-order valence-electron chi connectivity index (χ2n) is 10.1. The van der Waals surface area contributed by atoms with Gasteiger partial charge in [0.15, 0.2) is 0 Å². The van der Waals surface area contributed by atoms with Gasteiger partial charge >= 0.3 is 5.97 Å². The SMILES string of the molecule is CC(=CN1c2ccccc2NN1O)C(=O)OCc1cc(C(C)(C)CC(C)(C)C)ccc1O. The number of rotatable bonds is 6. The molecule has 0 unspecified atom stereocenters. The topological polar surface area (TPSA) is 85.3 Å². The van der Waals surface area contributed by atoms with Gasteiger partial charge in [0.2, 0.25) is 0 Å². The molecule has 0 saturated carbocycles. The van der Waals surface area contributed by atoms with Crippen LogP contribution in [-0.4, -0.2) is 21.6 Å². The molecular weight excluding hydrogens is 406 g/mol. The zero-order chi connectivity index (χ0) is 23.7. The van der Waals surface area contributed by atoms with Crippen LogP contribution in [0, 0.1) is 5.41 Å². The second-order valence-corrected chi connectivity index (χ2v) is 10.1. The molecule has 0 amide bonds. The van der Waals surface area contributed by atoms with E-state index in [9.17, 15) is 15.1 Å². The molecule has 3 rings (SSSR count). The quantitative estimate of drug-likeness (QED) is 0.404. The van der Waals surface area contributed by atoms with Crippen LogP contribution in [0.4, 0.5) is 11.4 Å². The van der Waals surface area contributed by atoms with Gasteiger partial charge in [-0.15, -0.1) is 0 Å². The van der Waals surface area contributed by atoms with Crippen LogP contribution < -0.4 is 10.4 Å². The van der Waals surface area contributed by atoms with Crippen molar-refractivity contribution in [3.63, 3.8) is 0 Å². The molecule has 32 heavy (non-hydrogen) atoms. The van der Waals surface area contributed by atoms with Crippen molar-refractivity contribution >= 4 is 17.3 Å². The number of carbonyl (C=O) groups is 1. The summed E-state index contributed by atoms with van der Waals surface area (Å²) in [5, 5.41) is 22.6. The molecule has 0 saturated heterocycles. The Hall–Kier alpha value is -3.03. The third-order valence-electron chi connectivity index (χ3n) is 5.41. The lowest BCUT2D eigenvalue weighted by atomic mass is 9.72. The molecule has 0 spiro atoms. The van der Waals surface area contributed by atoms with Gasteiger partial charge in [0, 0.05) is 17.0 Å². The number of hydrazine groups is 2. The molecular formula is C25H33N3O4. The Morgan fingerprint density at radius 3 is 2.50 bits per heavy atom. The summed E-state index contributed by atoms with van der Waals surface area (Å²) >= 11 is 0. The van der Waals surface area contributed by atoms with E-state index in [1.54, 1.807) is 13.0 Å². The highest BCUT2D eigenvalue weighted by atomic mass is 16.6. The number of esters is 1. The second kappa shape index (κ2) is 8.84. The monoisotopic (exact) mass is 439 g/mol. The van der Waals surface area contributed by atoms with Crippen LogP contribution in [0.5, 0.6) is 5.75 Å². The zero-order valence-corrected chi connectivity index (χ0v) is 19.6. The van der Waals surface area contributed by atoms with Crippen molar-refractivity contribution in [2.45, 2.75) is 60.0 Å². The Labute approximate surface area is 189 Å². The van der Waals surface area contributed by atoms with Gasteiger partial charge in [-0.3, -0.25) is 10.6 Å². The Morgan fingerprint density at radius 2 is 1.81 bits per heavy atom. The number of benzene rings is 2. The van der Waals surface area contributed by atoms with Gasteiger partial charge < -0.3 is 9.84 Å². The maximum atomic E-state index is 12.6. The Kier molecular flexibility index (Phi) is 6.53. The lowest BCUT2D eigenvalue weighted by Gasteiger charge is -2.33. The van der Waals surface area contributed by atoms with Crippen molar-refractivity contribution < 1.29 is 19.8 Å². The van der Waals surface area contributed by atoms with Gasteiger partial charge in [-0.2, -0.15) is 0 Å². The molecule has 7 heteroatoms. The van der Waals surface area contributed by atoms with Crippen LogP contribution >= 0.6 is 0 Å². The van der Waals surface area contributed by atoms with E-state index in [0.29, 0.717) is 22.5 Å². The van der Waals surface area contributed by atoms with Crippen LogP contribution in [0.2, 0.25) is 0 Å². The van der Waals surface area contributed by atoms with E-state index in [1.165, 1.54) is 11.2 Å². The van der Waals surface area contributed by atoms with Crippen LogP contribution in [-0.2, 0) is 21.6 Å². The van der Waals surface area contributed by atoms with Crippen molar-refractivity contribution in [3.05, 3.63) is 65.4 Å². The fraction of sp³-hybridized carbons (Fsp3) is 0.400. The first kappa shape index (κ1) is 23.6. The van der Waals surface area contributed by atoms with Crippen LogP contribution in [0.3, 0.4) is 0 Å². The van der Waals surface area contributed by atoms with E-state index in [-0.39, 0.29) is 23.2 Å². The molecule has 0 atom stereocenters. The molecule has 7 nitrogen and oxygen atoms in total. The number of carbonyl (C=O) groups excluding carboxylic acids is 1. The van der Waals surface area contributed by atoms with Gasteiger partial charge in [-0.05, 0) is 54.0 Å². The minimum atomic E-state index is -0.540. The molecule has 0 aliphatic carbocycles. The van der Waals surface area contributed by atoms with Crippen molar-refractivity contribution in [2.75, 3.05) is 10.4 Å². The van der Waals surface area contributed by atoms with E-state index in [1.807, 2.05) is 36.4 Å². The number of para-hydroxylation sites is 2.